The lowest BCUT2D eigenvalue weighted by atomic mass is 10.5. The highest BCUT2D eigenvalue weighted by Gasteiger charge is 2.13. The van der Waals surface area contributed by atoms with Crippen LogP contribution in [0, 0.1) is 0 Å². The number of hydrogen-bond acceptors (Lipinski definition) is 2. The molecule has 8 heavy (non-hydrogen) atoms. The number of hydrogen-bond donors (Lipinski definition) is 0. The van der Waals surface area contributed by atoms with E-state index in [0.717, 1.165) is 10.5 Å². The average molecular weight is 148 g/mol. The van der Waals surface area contributed by atoms with Crippen LogP contribution in [0.3, 0.4) is 0 Å². The Morgan fingerprint density at radius 3 is 1.62 bits per heavy atom. The normalized spacial score (nSPS) is 39.8. The molecule has 0 amide bonds. The summed E-state index contributed by atoms with van der Waals surface area (Å²) in [5, 5.41) is 1.80. The van der Waals surface area contributed by atoms with Crippen molar-refractivity contribution in [2.75, 3.05) is 11.5 Å². The molecule has 0 bridgehead atoms. The topological polar surface area (TPSA) is 0 Å². The second-order valence-corrected chi connectivity index (χ2v) is 5.23. The molecule has 1 heterocycles. The predicted molar refractivity (Wildman–Crippen MR) is 43.8 cm³/mol. The number of thioether (sulfide) groups is 2. The van der Waals surface area contributed by atoms with Crippen molar-refractivity contribution in [2.24, 2.45) is 0 Å². The van der Waals surface area contributed by atoms with Crippen LogP contribution >= 0.6 is 23.5 Å². The zero-order valence-electron chi connectivity index (χ0n) is 5.39. The van der Waals surface area contributed by atoms with Gasteiger partial charge in [-0.3, -0.25) is 0 Å². The second kappa shape index (κ2) is 3.02. The third-order valence-corrected chi connectivity index (χ3v) is 4.51. The molecule has 1 fully saturated rings. The van der Waals surface area contributed by atoms with Gasteiger partial charge in [-0.1, -0.05) is 13.8 Å². The summed E-state index contributed by atoms with van der Waals surface area (Å²) in [5.74, 6) is 2.71. The predicted octanol–water partition coefficient (Wildman–Crippen LogP) is 2.24. The molecule has 0 radical (unpaired) electrons. The van der Waals surface area contributed by atoms with Crippen molar-refractivity contribution in [2.45, 2.75) is 24.3 Å². The average Bonchev–Trinajstić information content (AvgIpc) is 1.77. The molecule has 2 atom stereocenters. The van der Waals surface area contributed by atoms with Crippen LogP contribution in [0.4, 0.5) is 0 Å². The van der Waals surface area contributed by atoms with Gasteiger partial charge in [-0.05, 0) is 0 Å². The van der Waals surface area contributed by atoms with Crippen molar-refractivity contribution in [1.29, 1.82) is 0 Å². The maximum Gasteiger partial charge on any atom is 0.0110 e. The highest BCUT2D eigenvalue weighted by Crippen LogP contribution is 2.28. The van der Waals surface area contributed by atoms with Gasteiger partial charge in [-0.2, -0.15) is 23.5 Å². The highest BCUT2D eigenvalue weighted by atomic mass is 32.2. The second-order valence-electron chi connectivity index (χ2n) is 2.29. The molecule has 0 aromatic heterocycles. The van der Waals surface area contributed by atoms with Gasteiger partial charge in [0.1, 0.15) is 0 Å². The van der Waals surface area contributed by atoms with E-state index < -0.39 is 0 Å². The van der Waals surface area contributed by atoms with Crippen LogP contribution in [-0.4, -0.2) is 22.0 Å². The molecule has 0 spiro atoms. The fourth-order valence-corrected chi connectivity index (χ4v) is 3.14. The molecule has 0 aromatic carbocycles. The zero-order valence-corrected chi connectivity index (χ0v) is 7.02. The molecule has 1 saturated heterocycles. The summed E-state index contributed by atoms with van der Waals surface area (Å²) in [7, 11) is 0. The van der Waals surface area contributed by atoms with Crippen LogP contribution in [0.2, 0.25) is 0 Å². The fourth-order valence-electron chi connectivity index (χ4n) is 0.696. The Balaban J connectivity index is 2.19. The minimum Gasteiger partial charge on any atom is -0.157 e. The Hall–Kier alpha value is 0.700. The van der Waals surface area contributed by atoms with Crippen molar-refractivity contribution < 1.29 is 0 Å². The third-order valence-electron chi connectivity index (χ3n) is 1.23. The van der Waals surface area contributed by atoms with E-state index >= 15 is 0 Å². The standard InChI is InChI=1S/C6H12S2/c1-5-3-8-6(2)4-7-5/h5-6H,3-4H2,1-2H3/t5-,6?/m1/s1. The van der Waals surface area contributed by atoms with Gasteiger partial charge in [0.15, 0.2) is 0 Å². The SMILES string of the molecule is CC1CS[C@H](C)CS1. The van der Waals surface area contributed by atoms with Crippen LogP contribution in [0.1, 0.15) is 13.8 Å². The maximum absolute atomic E-state index is 2.31. The highest BCUT2D eigenvalue weighted by molar-refractivity contribution is 8.07. The Morgan fingerprint density at radius 2 is 1.38 bits per heavy atom. The van der Waals surface area contributed by atoms with Gasteiger partial charge >= 0.3 is 0 Å². The first-order valence-electron chi connectivity index (χ1n) is 3.02. The van der Waals surface area contributed by atoms with E-state index in [4.69, 9.17) is 0 Å². The van der Waals surface area contributed by atoms with Crippen molar-refractivity contribution in [3.05, 3.63) is 0 Å². The first kappa shape index (κ1) is 6.81. The van der Waals surface area contributed by atoms with Gasteiger partial charge < -0.3 is 0 Å². The maximum atomic E-state index is 2.31. The van der Waals surface area contributed by atoms with E-state index in [1.54, 1.807) is 0 Å². The van der Waals surface area contributed by atoms with Crippen molar-refractivity contribution in [1.82, 2.24) is 0 Å². The first-order chi connectivity index (χ1) is 3.79. The van der Waals surface area contributed by atoms with Crippen LogP contribution in [0.5, 0.6) is 0 Å². The third kappa shape index (κ3) is 1.90. The lowest BCUT2D eigenvalue weighted by Gasteiger charge is -2.21. The van der Waals surface area contributed by atoms with E-state index in [9.17, 15) is 0 Å². The molecule has 0 nitrogen and oxygen atoms in total. The molecule has 0 N–H and O–H groups in total. The lowest BCUT2D eigenvalue weighted by molar-refractivity contribution is 1.04. The molecule has 48 valence electrons. The summed E-state index contributed by atoms with van der Waals surface area (Å²) in [6.45, 7) is 4.62. The molecule has 0 aromatic rings. The Bertz CT molecular complexity index is 54.9. The lowest BCUT2D eigenvalue weighted by Crippen LogP contribution is -2.15. The molecule has 1 rings (SSSR count). The monoisotopic (exact) mass is 148 g/mol. The van der Waals surface area contributed by atoms with Crippen molar-refractivity contribution in [3.8, 4) is 0 Å². The summed E-state index contributed by atoms with van der Waals surface area (Å²) in [6.07, 6.45) is 0. The fraction of sp³-hybridized carbons (Fsp3) is 1.00. The number of rotatable bonds is 0. The van der Waals surface area contributed by atoms with Gasteiger partial charge in [0.2, 0.25) is 0 Å². The van der Waals surface area contributed by atoms with Gasteiger partial charge in [0.25, 0.3) is 0 Å². The van der Waals surface area contributed by atoms with Crippen LogP contribution in [0.25, 0.3) is 0 Å². The van der Waals surface area contributed by atoms with Crippen LogP contribution in [0.15, 0.2) is 0 Å². The first-order valence-corrected chi connectivity index (χ1v) is 5.12. The summed E-state index contributed by atoms with van der Waals surface area (Å²) in [6, 6.07) is 0. The van der Waals surface area contributed by atoms with E-state index in [-0.39, 0.29) is 0 Å². The molecule has 0 aliphatic carbocycles. The molecule has 1 unspecified atom stereocenters. The Labute approximate surface area is 59.8 Å². The largest absolute Gasteiger partial charge is 0.157 e. The molecular formula is C6H12S2. The van der Waals surface area contributed by atoms with E-state index in [0.29, 0.717) is 0 Å². The van der Waals surface area contributed by atoms with Crippen LogP contribution < -0.4 is 0 Å². The Kier molecular flexibility index (Phi) is 2.57. The van der Waals surface area contributed by atoms with E-state index in [2.05, 4.69) is 37.4 Å². The molecule has 0 saturated carbocycles. The summed E-state index contributed by atoms with van der Waals surface area (Å²) >= 11 is 4.21. The van der Waals surface area contributed by atoms with Gasteiger partial charge in [0, 0.05) is 22.0 Å². The van der Waals surface area contributed by atoms with Gasteiger partial charge in [0.05, 0.1) is 0 Å². The summed E-state index contributed by atoms with van der Waals surface area (Å²) < 4.78 is 0. The zero-order chi connectivity index (χ0) is 5.98. The molecule has 1 aliphatic heterocycles. The van der Waals surface area contributed by atoms with Crippen LogP contribution in [-0.2, 0) is 0 Å². The molecule has 1 aliphatic rings. The quantitative estimate of drug-likeness (QED) is 0.517. The summed E-state index contributed by atoms with van der Waals surface area (Å²) in [5.41, 5.74) is 0. The van der Waals surface area contributed by atoms with Gasteiger partial charge in [-0.25, -0.2) is 0 Å². The Morgan fingerprint density at radius 1 is 1.00 bits per heavy atom. The van der Waals surface area contributed by atoms with E-state index in [1.807, 2.05) is 0 Å². The van der Waals surface area contributed by atoms with Gasteiger partial charge in [-0.15, -0.1) is 0 Å². The van der Waals surface area contributed by atoms with Crippen molar-refractivity contribution in [3.63, 3.8) is 0 Å². The molecular weight excluding hydrogens is 136 g/mol. The smallest absolute Gasteiger partial charge is 0.0110 e. The van der Waals surface area contributed by atoms with Crippen molar-refractivity contribution >= 4 is 23.5 Å². The minimum absolute atomic E-state index is 0.899. The van der Waals surface area contributed by atoms with E-state index in [1.165, 1.54) is 11.5 Å². The minimum atomic E-state index is 0.899. The molecule has 2 heteroatoms. The summed E-state index contributed by atoms with van der Waals surface area (Å²) in [4.78, 5) is 0.